The Labute approximate surface area is 120 Å². The summed E-state index contributed by atoms with van der Waals surface area (Å²) >= 11 is 3.44. The van der Waals surface area contributed by atoms with E-state index in [1.807, 2.05) is 24.0 Å². The SMILES string of the molecule is Cn1cc2cc(NCc3ccc(Br)cc3)ccc2n1. The maximum Gasteiger partial charge on any atom is 0.0924 e. The lowest BCUT2D eigenvalue weighted by Crippen LogP contribution is -1.98. The minimum atomic E-state index is 0.819. The van der Waals surface area contributed by atoms with Crippen LogP contribution in [0.1, 0.15) is 5.56 Å². The van der Waals surface area contributed by atoms with Crippen LogP contribution in [0.2, 0.25) is 0 Å². The van der Waals surface area contributed by atoms with E-state index in [4.69, 9.17) is 0 Å². The van der Waals surface area contributed by atoms with Crippen molar-refractivity contribution in [2.24, 2.45) is 7.05 Å². The number of aromatic nitrogens is 2. The molecule has 0 aliphatic heterocycles. The van der Waals surface area contributed by atoms with Crippen LogP contribution in [0.4, 0.5) is 5.69 Å². The summed E-state index contributed by atoms with van der Waals surface area (Å²) in [5.74, 6) is 0. The fourth-order valence-electron chi connectivity index (χ4n) is 2.07. The van der Waals surface area contributed by atoms with Gasteiger partial charge in [0.1, 0.15) is 0 Å². The van der Waals surface area contributed by atoms with Gasteiger partial charge >= 0.3 is 0 Å². The molecule has 1 aromatic heterocycles. The third-order valence-corrected chi connectivity index (χ3v) is 3.56. The molecule has 0 fully saturated rings. The van der Waals surface area contributed by atoms with Gasteiger partial charge < -0.3 is 5.32 Å². The summed E-state index contributed by atoms with van der Waals surface area (Å²) in [6, 6.07) is 14.6. The number of hydrogen-bond donors (Lipinski definition) is 1. The number of rotatable bonds is 3. The minimum absolute atomic E-state index is 0.819. The molecule has 0 amide bonds. The van der Waals surface area contributed by atoms with Crippen molar-refractivity contribution in [3.05, 3.63) is 58.7 Å². The summed E-state index contributed by atoms with van der Waals surface area (Å²) in [6.07, 6.45) is 2.03. The number of hydrogen-bond acceptors (Lipinski definition) is 2. The molecule has 0 saturated carbocycles. The molecule has 0 radical (unpaired) electrons. The van der Waals surface area contributed by atoms with E-state index in [0.29, 0.717) is 0 Å². The second kappa shape index (κ2) is 5.05. The van der Waals surface area contributed by atoms with Crippen molar-refractivity contribution in [2.45, 2.75) is 6.54 Å². The number of fused-ring (bicyclic) bond motifs is 1. The first-order valence-corrected chi connectivity index (χ1v) is 6.92. The Morgan fingerprint density at radius 1 is 1.16 bits per heavy atom. The quantitative estimate of drug-likeness (QED) is 0.793. The minimum Gasteiger partial charge on any atom is -0.381 e. The highest BCUT2D eigenvalue weighted by atomic mass is 79.9. The van der Waals surface area contributed by atoms with E-state index in [-0.39, 0.29) is 0 Å². The van der Waals surface area contributed by atoms with Crippen LogP contribution in [0.25, 0.3) is 10.9 Å². The van der Waals surface area contributed by atoms with Crippen molar-refractivity contribution in [1.29, 1.82) is 0 Å². The third-order valence-electron chi connectivity index (χ3n) is 3.03. The molecule has 1 N–H and O–H groups in total. The average molecular weight is 316 g/mol. The summed E-state index contributed by atoms with van der Waals surface area (Å²) in [4.78, 5) is 0. The van der Waals surface area contributed by atoms with E-state index >= 15 is 0 Å². The molecule has 0 atom stereocenters. The predicted molar refractivity (Wildman–Crippen MR) is 82.2 cm³/mol. The van der Waals surface area contributed by atoms with E-state index in [9.17, 15) is 0 Å². The third kappa shape index (κ3) is 2.79. The molecule has 1 heterocycles. The molecular weight excluding hydrogens is 302 g/mol. The molecule has 0 spiro atoms. The molecule has 96 valence electrons. The van der Waals surface area contributed by atoms with Gasteiger partial charge in [0.15, 0.2) is 0 Å². The molecule has 4 heteroatoms. The fourth-order valence-corrected chi connectivity index (χ4v) is 2.33. The Kier molecular flexibility index (Phi) is 3.25. The lowest BCUT2D eigenvalue weighted by Gasteiger charge is -2.06. The van der Waals surface area contributed by atoms with Crippen molar-refractivity contribution in [2.75, 3.05) is 5.32 Å². The van der Waals surface area contributed by atoms with Crippen molar-refractivity contribution in [3.8, 4) is 0 Å². The first kappa shape index (κ1) is 12.2. The number of anilines is 1. The average Bonchev–Trinajstić information content (AvgIpc) is 2.77. The van der Waals surface area contributed by atoms with Gasteiger partial charge in [-0.3, -0.25) is 4.68 Å². The second-order valence-electron chi connectivity index (χ2n) is 4.56. The summed E-state index contributed by atoms with van der Waals surface area (Å²) in [5, 5.41) is 8.95. The molecule has 3 aromatic rings. The molecule has 3 nitrogen and oxygen atoms in total. The van der Waals surface area contributed by atoms with Gasteiger partial charge in [-0.1, -0.05) is 28.1 Å². The molecule has 0 aliphatic carbocycles. The van der Waals surface area contributed by atoms with E-state index in [1.54, 1.807) is 0 Å². The molecule has 0 aliphatic rings. The zero-order chi connectivity index (χ0) is 13.2. The number of nitrogens with zero attached hydrogens (tertiary/aromatic N) is 2. The molecule has 2 aromatic carbocycles. The Bertz CT molecular complexity index is 701. The molecule has 3 rings (SSSR count). The highest BCUT2D eigenvalue weighted by Crippen LogP contribution is 2.18. The molecule has 0 saturated heterocycles. The zero-order valence-electron chi connectivity index (χ0n) is 10.6. The first-order valence-electron chi connectivity index (χ1n) is 6.12. The van der Waals surface area contributed by atoms with Gasteiger partial charge in [-0.2, -0.15) is 5.10 Å². The molecule has 0 unspecified atom stereocenters. The predicted octanol–water partition coefficient (Wildman–Crippen LogP) is 3.95. The summed E-state index contributed by atoms with van der Waals surface area (Å²) < 4.78 is 2.94. The lowest BCUT2D eigenvalue weighted by atomic mass is 10.2. The largest absolute Gasteiger partial charge is 0.381 e. The van der Waals surface area contributed by atoms with Crippen molar-refractivity contribution in [3.63, 3.8) is 0 Å². The van der Waals surface area contributed by atoms with Gasteiger partial charge in [0.05, 0.1) is 5.52 Å². The maximum atomic E-state index is 4.37. The second-order valence-corrected chi connectivity index (χ2v) is 5.47. The summed E-state index contributed by atoms with van der Waals surface area (Å²) in [5.41, 5.74) is 3.40. The van der Waals surface area contributed by atoms with Crippen molar-refractivity contribution >= 4 is 32.5 Å². The Morgan fingerprint density at radius 3 is 2.74 bits per heavy atom. The van der Waals surface area contributed by atoms with Crippen LogP contribution in [0, 0.1) is 0 Å². The van der Waals surface area contributed by atoms with E-state index in [2.05, 4.69) is 62.7 Å². The van der Waals surface area contributed by atoms with Crippen LogP contribution < -0.4 is 5.32 Å². The van der Waals surface area contributed by atoms with E-state index < -0.39 is 0 Å². The van der Waals surface area contributed by atoms with E-state index in [0.717, 1.165) is 27.6 Å². The Hall–Kier alpha value is -1.81. The van der Waals surface area contributed by atoms with Crippen molar-refractivity contribution < 1.29 is 0 Å². The number of halogens is 1. The van der Waals surface area contributed by atoms with Gasteiger partial charge in [0.25, 0.3) is 0 Å². The summed E-state index contributed by atoms with van der Waals surface area (Å²) in [7, 11) is 1.94. The monoisotopic (exact) mass is 315 g/mol. The van der Waals surface area contributed by atoms with Crippen LogP contribution in [0.15, 0.2) is 53.1 Å². The molecule has 0 bridgehead atoms. The lowest BCUT2D eigenvalue weighted by molar-refractivity contribution is 0.780. The zero-order valence-corrected chi connectivity index (χ0v) is 12.2. The fraction of sp³-hybridized carbons (Fsp3) is 0.133. The summed E-state index contributed by atoms with van der Waals surface area (Å²) in [6.45, 7) is 0.819. The first-order chi connectivity index (χ1) is 9.20. The number of aryl methyl sites for hydroxylation is 1. The standard InChI is InChI=1S/C15H14BrN3/c1-19-10-12-8-14(6-7-15(12)18-19)17-9-11-2-4-13(16)5-3-11/h2-8,10,17H,9H2,1H3. The van der Waals surface area contributed by atoms with E-state index in [1.165, 1.54) is 5.56 Å². The molecule has 19 heavy (non-hydrogen) atoms. The van der Waals surface area contributed by atoms with Crippen LogP contribution >= 0.6 is 15.9 Å². The van der Waals surface area contributed by atoms with Gasteiger partial charge in [-0.05, 0) is 35.9 Å². The van der Waals surface area contributed by atoms with Gasteiger partial charge in [-0.25, -0.2) is 0 Å². The van der Waals surface area contributed by atoms with Crippen LogP contribution in [0.3, 0.4) is 0 Å². The van der Waals surface area contributed by atoms with Gasteiger partial charge in [-0.15, -0.1) is 0 Å². The molecular formula is C15H14BrN3. The highest BCUT2D eigenvalue weighted by Gasteiger charge is 2.00. The maximum absolute atomic E-state index is 4.37. The van der Waals surface area contributed by atoms with Gasteiger partial charge in [0, 0.05) is 35.3 Å². The Balaban J connectivity index is 1.75. The van der Waals surface area contributed by atoms with Crippen molar-refractivity contribution in [1.82, 2.24) is 9.78 Å². The number of nitrogens with one attached hydrogen (secondary N) is 1. The Morgan fingerprint density at radius 2 is 1.95 bits per heavy atom. The number of benzene rings is 2. The highest BCUT2D eigenvalue weighted by molar-refractivity contribution is 9.10. The van der Waals surface area contributed by atoms with Gasteiger partial charge in [0.2, 0.25) is 0 Å². The van der Waals surface area contributed by atoms with Crippen LogP contribution in [-0.4, -0.2) is 9.78 Å². The van der Waals surface area contributed by atoms with Crippen LogP contribution in [0.5, 0.6) is 0 Å². The van der Waals surface area contributed by atoms with Crippen LogP contribution in [-0.2, 0) is 13.6 Å². The normalized spacial score (nSPS) is 10.8. The topological polar surface area (TPSA) is 29.9 Å². The smallest absolute Gasteiger partial charge is 0.0924 e.